The maximum atomic E-state index is 12.9. The third-order valence-corrected chi connectivity index (χ3v) is 3.45. The molecule has 5 heteroatoms. The third kappa shape index (κ3) is 4.65. The van der Waals surface area contributed by atoms with Crippen molar-refractivity contribution in [2.24, 2.45) is 0 Å². The van der Waals surface area contributed by atoms with Gasteiger partial charge in [-0.25, -0.2) is 9.37 Å². The Balaban J connectivity index is 1.94. The Labute approximate surface area is 125 Å². The average molecular weight is 291 g/mol. The highest BCUT2D eigenvalue weighted by Gasteiger charge is 2.10. The first kappa shape index (κ1) is 15.7. The van der Waals surface area contributed by atoms with Gasteiger partial charge in [0.2, 0.25) is 0 Å². The normalized spacial score (nSPS) is 12.5. The van der Waals surface area contributed by atoms with E-state index < -0.39 is 0 Å². The summed E-state index contributed by atoms with van der Waals surface area (Å²) in [6.07, 6.45) is 4.57. The highest BCUT2D eigenvalue weighted by molar-refractivity contribution is 5.17. The number of ether oxygens (including phenoxy) is 1. The van der Waals surface area contributed by atoms with Crippen LogP contribution in [-0.2, 0) is 17.7 Å². The summed E-state index contributed by atoms with van der Waals surface area (Å²) >= 11 is 0. The minimum absolute atomic E-state index is 0.197. The number of halogens is 1. The van der Waals surface area contributed by atoms with Gasteiger partial charge in [-0.15, -0.1) is 0 Å². The topological polar surface area (TPSA) is 39.1 Å². The zero-order chi connectivity index (χ0) is 15.1. The zero-order valence-corrected chi connectivity index (χ0v) is 12.6. The lowest BCUT2D eigenvalue weighted by atomic mass is 10.1. The molecule has 2 rings (SSSR count). The first-order valence-corrected chi connectivity index (χ1v) is 7.15. The number of benzene rings is 1. The molecule has 2 aromatic rings. The minimum Gasteiger partial charge on any atom is -0.383 e. The van der Waals surface area contributed by atoms with Crippen LogP contribution in [0.2, 0.25) is 0 Å². The first-order chi connectivity index (χ1) is 10.2. The van der Waals surface area contributed by atoms with Gasteiger partial charge < -0.3 is 14.6 Å². The largest absolute Gasteiger partial charge is 0.383 e. The summed E-state index contributed by atoms with van der Waals surface area (Å²) in [5, 5.41) is 3.32. The molecule has 0 saturated heterocycles. The van der Waals surface area contributed by atoms with Crippen molar-refractivity contribution in [1.82, 2.24) is 14.9 Å². The van der Waals surface area contributed by atoms with Crippen LogP contribution in [-0.4, -0.2) is 29.8 Å². The zero-order valence-electron chi connectivity index (χ0n) is 12.6. The molecular weight excluding hydrogens is 269 g/mol. The predicted octanol–water partition coefficient (Wildman–Crippen LogP) is 2.56. The van der Waals surface area contributed by atoms with Crippen molar-refractivity contribution in [1.29, 1.82) is 0 Å². The Morgan fingerprint density at radius 1 is 1.33 bits per heavy atom. The second kappa shape index (κ2) is 7.90. The summed E-state index contributed by atoms with van der Waals surface area (Å²) in [5.41, 5.74) is 2.26. The summed E-state index contributed by atoms with van der Waals surface area (Å²) in [6, 6.07) is 6.95. The Morgan fingerprint density at radius 3 is 2.81 bits per heavy atom. The average Bonchev–Trinajstić information content (AvgIpc) is 2.94. The highest BCUT2D eigenvalue weighted by atomic mass is 19.1. The molecule has 0 aliphatic rings. The van der Waals surface area contributed by atoms with Gasteiger partial charge in [0.25, 0.3) is 0 Å². The number of aromatic nitrogens is 2. The second-order valence-corrected chi connectivity index (χ2v) is 5.14. The first-order valence-electron chi connectivity index (χ1n) is 7.15. The van der Waals surface area contributed by atoms with Crippen LogP contribution in [0.4, 0.5) is 4.39 Å². The van der Waals surface area contributed by atoms with E-state index in [1.54, 1.807) is 7.11 Å². The van der Waals surface area contributed by atoms with E-state index in [9.17, 15) is 4.39 Å². The molecule has 1 N–H and O–H groups in total. The summed E-state index contributed by atoms with van der Waals surface area (Å²) in [5.74, 6) is -0.197. The van der Waals surface area contributed by atoms with Crippen LogP contribution in [0.1, 0.15) is 24.2 Å². The molecule has 4 nitrogen and oxygen atoms in total. The minimum atomic E-state index is -0.197. The van der Waals surface area contributed by atoms with Gasteiger partial charge in [0, 0.05) is 32.4 Å². The maximum Gasteiger partial charge on any atom is 0.123 e. The molecule has 0 saturated carbocycles. The van der Waals surface area contributed by atoms with Crippen LogP contribution in [0.15, 0.2) is 36.8 Å². The molecule has 0 fully saturated rings. The molecule has 0 bridgehead atoms. The van der Waals surface area contributed by atoms with E-state index in [4.69, 9.17) is 4.74 Å². The summed E-state index contributed by atoms with van der Waals surface area (Å²) in [4.78, 5) is 4.23. The van der Waals surface area contributed by atoms with E-state index >= 15 is 0 Å². The lowest BCUT2D eigenvalue weighted by Crippen LogP contribution is -2.21. The van der Waals surface area contributed by atoms with Gasteiger partial charge >= 0.3 is 0 Å². The fourth-order valence-corrected chi connectivity index (χ4v) is 2.32. The fourth-order valence-electron chi connectivity index (χ4n) is 2.32. The Kier molecular flexibility index (Phi) is 5.90. The van der Waals surface area contributed by atoms with Crippen LogP contribution in [0.5, 0.6) is 0 Å². The summed E-state index contributed by atoms with van der Waals surface area (Å²) in [7, 11) is 1.69. The lowest BCUT2D eigenvalue weighted by Gasteiger charge is -2.17. The van der Waals surface area contributed by atoms with Crippen LogP contribution in [0.25, 0.3) is 0 Å². The molecule has 0 radical (unpaired) electrons. The third-order valence-electron chi connectivity index (χ3n) is 3.45. The molecule has 1 heterocycles. The van der Waals surface area contributed by atoms with Crippen LogP contribution >= 0.6 is 0 Å². The van der Waals surface area contributed by atoms with Crippen molar-refractivity contribution in [3.8, 4) is 0 Å². The lowest BCUT2D eigenvalue weighted by molar-refractivity contribution is 0.199. The van der Waals surface area contributed by atoms with Gasteiger partial charge in [0.15, 0.2) is 0 Å². The van der Waals surface area contributed by atoms with Gasteiger partial charge in [-0.2, -0.15) is 0 Å². The van der Waals surface area contributed by atoms with Gasteiger partial charge in [-0.05, 0) is 31.0 Å². The Hall–Kier alpha value is -1.72. The van der Waals surface area contributed by atoms with Gasteiger partial charge in [0.05, 0.1) is 18.6 Å². The van der Waals surface area contributed by atoms with Crippen molar-refractivity contribution >= 4 is 0 Å². The molecule has 21 heavy (non-hydrogen) atoms. The molecule has 1 unspecified atom stereocenters. The number of hydrogen-bond donors (Lipinski definition) is 1. The van der Waals surface area contributed by atoms with Crippen LogP contribution in [0.3, 0.4) is 0 Å². The van der Waals surface area contributed by atoms with Crippen molar-refractivity contribution in [3.63, 3.8) is 0 Å². The number of rotatable bonds is 8. The van der Waals surface area contributed by atoms with Crippen molar-refractivity contribution < 1.29 is 9.13 Å². The number of nitrogens with zero attached hydrogens (tertiary/aromatic N) is 2. The Bertz CT molecular complexity index is 539. The molecule has 0 amide bonds. The molecule has 114 valence electrons. The van der Waals surface area contributed by atoms with Gasteiger partial charge in [-0.1, -0.05) is 12.1 Å². The standard InChI is InChI=1S/C16H22FN3O/c1-13(9-14-3-5-15(17)6-4-14)20-12-19-11-16(20)10-18-7-8-21-2/h3-6,11-13,18H,7-10H2,1-2H3. The van der Waals surface area contributed by atoms with E-state index in [-0.39, 0.29) is 11.9 Å². The number of imidazole rings is 1. The van der Waals surface area contributed by atoms with Crippen molar-refractivity contribution in [2.75, 3.05) is 20.3 Å². The molecule has 0 spiro atoms. The molecule has 0 aliphatic carbocycles. The van der Waals surface area contributed by atoms with Gasteiger partial charge in [-0.3, -0.25) is 0 Å². The summed E-state index contributed by atoms with van der Waals surface area (Å²) < 4.78 is 20.1. The van der Waals surface area contributed by atoms with Crippen LogP contribution < -0.4 is 5.32 Å². The van der Waals surface area contributed by atoms with E-state index in [0.29, 0.717) is 6.61 Å². The SMILES string of the molecule is COCCNCc1cncn1C(C)Cc1ccc(F)cc1. The maximum absolute atomic E-state index is 12.9. The van der Waals surface area contributed by atoms with Crippen molar-refractivity contribution in [3.05, 3.63) is 53.9 Å². The van der Waals surface area contributed by atoms with Crippen LogP contribution in [0, 0.1) is 5.82 Å². The van der Waals surface area contributed by atoms with E-state index in [2.05, 4.69) is 21.8 Å². The monoisotopic (exact) mass is 291 g/mol. The summed E-state index contributed by atoms with van der Waals surface area (Å²) in [6.45, 7) is 4.41. The van der Waals surface area contributed by atoms with E-state index in [1.165, 1.54) is 12.1 Å². The van der Waals surface area contributed by atoms with Gasteiger partial charge in [0.1, 0.15) is 5.82 Å². The highest BCUT2D eigenvalue weighted by Crippen LogP contribution is 2.16. The molecule has 1 atom stereocenters. The van der Waals surface area contributed by atoms with E-state index in [0.717, 1.165) is 30.8 Å². The van der Waals surface area contributed by atoms with Crippen molar-refractivity contribution in [2.45, 2.75) is 25.9 Å². The number of nitrogens with one attached hydrogen (secondary N) is 1. The quantitative estimate of drug-likeness (QED) is 0.760. The Morgan fingerprint density at radius 2 is 2.10 bits per heavy atom. The molecular formula is C16H22FN3O. The van der Waals surface area contributed by atoms with E-state index in [1.807, 2.05) is 24.7 Å². The molecule has 1 aromatic carbocycles. The molecule has 1 aromatic heterocycles. The molecule has 0 aliphatic heterocycles. The second-order valence-electron chi connectivity index (χ2n) is 5.14. The number of hydrogen-bond acceptors (Lipinski definition) is 3. The number of methoxy groups -OCH3 is 1. The predicted molar refractivity (Wildman–Crippen MR) is 80.6 cm³/mol. The smallest absolute Gasteiger partial charge is 0.123 e. The fraction of sp³-hybridized carbons (Fsp3) is 0.438.